The molecule has 1 aromatic heterocycles. The number of rotatable bonds is 7. The number of ether oxygens (including phenoxy) is 1. The van der Waals surface area contributed by atoms with Crippen molar-refractivity contribution in [1.82, 2.24) is 15.5 Å². The number of carbonyl (C=O) groups is 1. The lowest BCUT2D eigenvalue weighted by Crippen LogP contribution is -2.18. The molecule has 27 heavy (non-hydrogen) atoms. The molecule has 1 heterocycles. The normalized spacial score (nSPS) is 11.8. The van der Waals surface area contributed by atoms with Gasteiger partial charge in [0, 0.05) is 11.7 Å². The summed E-state index contributed by atoms with van der Waals surface area (Å²) in [5, 5.41) is 15.0. The third-order valence-corrected chi connectivity index (χ3v) is 4.84. The first-order valence-electron chi connectivity index (χ1n) is 8.32. The van der Waals surface area contributed by atoms with Crippen LogP contribution >= 0.6 is 11.3 Å². The fourth-order valence-corrected chi connectivity index (χ4v) is 3.10. The van der Waals surface area contributed by atoms with Gasteiger partial charge in [0.2, 0.25) is 5.01 Å². The first-order valence-corrected chi connectivity index (χ1v) is 9.13. The highest BCUT2D eigenvalue weighted by Crippen LogP contribution is 2.18. The number of aromatic nitrogens is 2. The van der Waals surface area contributed by atoms with Crippen LogP contribution in [0.4, 0.5) is 10.1 Å². The quantitative estimate of drug-likeness (QED) is 0.646. The Kier molecular flexibility index (Phi) is 6.10. The Morgan fingerprint density at radius 3 is 2.70 bits per heavy atom. The molecule has 0 aliphatic carbocycles. The van der Waals surface area contributed by atoms with Gasteiger partial charge in [-0.3, -0.25) is 4.79 Å². The molecule has 3 rings (SSSR count). The van der Waals surface area contributed by atoms with Gasteiger partial charge in [-0.05, 0) is 48.9 Å². The number of nitrogens with zero attached hydrogens (tertiary/aromatic N) is 2. The Morgan fingerprint density at radius 2 is 2.00 bits per heavy atom. The summed E-state index contributed by atoms with van der Waals surface area (Å²) in [6, 6.07) is 13.4. The van der Waals surface area contributed by atoms with Crippen LogP contribution in [-0.2, 0) is 6.54 Å². The second-order valence-electron chi connectivity index (χ2n) is 5.84. The van der Waals surface area contributed by atoms with Crippen LogP contribution < -0.4 is 15.4 Å². The second-order valence-corrected chi connectivity index (χ2v) is 6.90. The number of methoxy groups -OCH3 is 1. The lowest BCUT2D eigenvalue weighted by molar-refractivity contribution is 0.102. The number of nitrogens with one attached hydrogen (secondary N) is 2. The van der Waals surface area contributed by atoms with Crippen LogP contribution in [0, 0.1) is 5.82 Å². The van der Waals surface area contributed by atoms with E-state index in [9.17, 15) is 9.18 Å². The molecule has 0 radical (unpaired) electrons. The summed E-state index contributed by atoms with van der Waals surface area (Å²) < 4.78 is 18.4. The molecule has 1 atom stereocenters. The molecule has 8 heteroatoms. The van der Waals surface area contributed by atoms with Crippen molar-refractivity contribution >= 4 is 22.9 Å². The van der Waals surface area contributed by atoms with Crippen molar-refractivity contribution in [3.8, 4) is 5.75 Å². The fourth-order valence-electron chi connectivity index (χ4n) is 2.41. The smallest absolute Gasteiger partial charge is 0.286 e. The molecular formula is C19H19FN4O2S. The van der Waals surface area contributed by atoms with E-state index in [1.807, 2.05) is 13.0 Å². The molecule has 0 bridgehead atoms. The average molecular weight is 386 g/mol. The van der Waals surface area contributed by atoms with E-state index in [-0.39, 0.29) is 22.8 Å². The first kappa shape index (κ1) is 18.9. The summed E-state index contributed by atoms with van der Waals surface area (Å²) in [6.07, 6.45) is 0. The van der Waals surface area contributed by atoms with E-state index >= 15 is 0 Å². The number of hydrogen-bond acceptors (Lipinski definition) is 6. The van der Waals surface area contributed by atoms with Gasteiger partial charge in [-0.2, -0.15) is 0 Å². The molecule has 0 aliphatic heterocycles. The third kappa shape index (κ3) is 5.08. The predicted octanol–water partition coefficient (Wildman–Crippen LogP) is 3.79. The Labute approximate surface area is 160 Å². The zero-order valence-electron chi connectivity index (χ0n) is 14.9. The van der Waals surface area contributed by atoms with Gasteiger partial charge >= 0.3 is 0 Å². The van der Waals surface area contributed by atoms with Crippen LogP contribution in [0.3, 0.4) is 0 Å². The van der Waals surface area contributed by atoms with E-state index < -0.39 is 0 Å². The van der Waals surface area contributed by atoms with E-state index in [2.05, 4.69) is 20.8 Å². The lowest BCUT2D eigenvalue weighted by atomic mass is 10.1. The van der Waals surface area contributed by atoms with Crippen molar-refractivity contribution in [3.63, 3.8) is 0 Å². The van der Waals surface area contributed by atoms with Crippen LogP contribution in [0.25, 0.3) is 0 Å². The maximum atomic E-state index is 13.3. The predicted molar refractivity (Wildman–Crippen MR) is 103 cm³/mol. The highest BCUT2D eigenvalue weighted by Gasteiger charge is 2.14. The summed E-state index contributed by atoms with van der Waals surface area (Å²) >= 11 is 1.21. The number of anilines is 1. The zero-order chi connectivity index (χ0) is 19.2. The molecule has 2 aromatic carbocycles. The van der Waals surface area contributed by atoms with Crippen LogP contribution in [-0.4, -0.2) is 23.2 Å². The summed E-state index contributed by atoms with van der Waals surface area (Å²) in [4.78, 5) is 12.3. The minimum Gasteiger partial charge on any atom is -0.497 e. The molecule has 3 aromatic rings. The van der Waals surface area contributed by atoms with E-state index in [0.717, 1.165) is 5.56 Å². The third-order valence-electron chi connectivity index (χ3n) is 3.92. The average Bonchev–Trinajstić information content (AvgIpc) is 3.16. The summed E-state index contributed by atoms with van der Waals surface area (Å²) in [5.74, 6) is 0.126. The molecule has 0 saturated carbocycles. The SMILES string of the molecule is COc1ccc(NC(=O)c2nnc(CNC(C)c3cccc(F)c3)s2)cc1. The molecule has 1 unspecified atom stereocenters. The summed E-state index contributed by atoms with van der Waals surface area (Å²) in [6.45, 7) is 2.37. The van der Waals surface area contributed by atoms with Crippen molar-refractivity contribution in [2.45, 2.75) is 19.5 Å². The van der Waals surface area contributed by atoms with Gasteiger partial charge in [-0.15, -0.1) is 10.2 Å². The zero-order valence-corrected chi connectivity index (χ0v) is 15.7. The highest BCUT2D eigenvalue weighted by molar-refractivity contribution is 7.13. The molecule has 1 amide bonds. The van der Waals surface area contributed by atoms with E-state index in [1.54, 1.807) is 37.4 Å². The van der Waals surface area contributed by atoms with Gasteiger partial charge in [0.1, 0.15) is 16.6 Å². The fraction of sp³-hybridized carbons (Fsp3) is 0.211. The second kappa shape index (κ2) is 8.70. The van der Waals surface area contributed by atoms with Gasteiger partial charge in [0.25, 0.3) is 5.91 Å². The minimum atomic E-state index is -0.318. The van der Waals surface area contributed by atoms with Crippen molar-refractivity contribution in [2.24, 2.45) is 0 Å². The van der Waals surface area contributed by atoms with Crippen LogP contribution in [0.1, 0.15) is 33.3 Å². The Bertz CT molecular complexity index is 914. The number of hydrogen-bond donors (Lipinski definition) is 2. The van der Waals surface area contributed by atoms with Crippen molar-refractivity contribution in [3.05, 3.63) is 69.9 Å². The van der Waals surface area contributed by atoms with Gasteiger partial charge < -0.3 is 15.4 Å². The molecule has 0 saturated heterocycles. The van der Waals surface area contributed by atoms with Gasteiger partial charge in [-0.25, -0.2) is 4.39 Å². The molecule has 0 fully saturated rings. The molecule has 2 N–H and O–H groups in total. The topological polar surface area (TPSA) is 76.1 Å². The van der Waals surface area contributed by atoms with Crippen LogP contribution in [0.5, 0.6) is 5.75 Å². The minimum absolute atomic E-state index is 0.0545. The molecular weight excluding hydrogens is 367 g/mol. The van der Waals surface area contributed by atoms with Crippen LogP contribution in [0.2, 0.25) is 0 Å². The van der Waals surface area contributed by atoms with Crippen LogP contribution in [0.15, 0.2) is 48.5 Å². The number of carbonyl (C=O) groups excluding carboxylic acids is 1. The number of halogens is 1. The summed E-state index contributed by atoms with van der Waals surface area (Å²) in [7, 11) is 1.58. The first-order chi connectivity index (χ1) is 13.0. The van der Waals surface area contributed by atoms with Gasteiger partial charge in [0.05, 0.1) is 13.7 Å². The van der Waals surface area contributed by atoms with E-state index in [0.29, 0.717) is 23.0 Å². The van der Waals surface area contributed by atoms with Crippen molar-refractivity contribution in [1.29, 1.82) is 0 Å². The Balaban J connectivity index is 1.56. The maximum absolute atomic E-state index is 13.3. The monoisotopic (exact) mass is 386 g/mol. The number of benzene rings is 2. The van der Waals surface area contributed by atoms with Gasteiger partial charge in [-0.1, -0.05) is 23.5 Å². The van der Waals surface area contributed by atoms with Crippen molar-refractivity contribution in [2.75, 3.05) is 12.4 Å². The Hall–Kier alpha value is -2.84. The summed E-state index contributed by atoms with van der Waals surface area (Å²) in [5.41, 5.74) is 1.49. The van der Waals surface area contributed by atoms with Gasteiger partial charge in [0.15, 0.2) is 0 Å². The van der Waals surface area contributed by atoms with Crippen molar-refractivity contribution < 1.29 is 13.9 Å². The standard InChI is InChI=1S/C19H19FN4O2S/c1-12(13-4-3-5-14(20)10-13)21-11-17-23-24-19(27-17)18(25)22-15-6-8-16(26-2)9-7-15/h3-10,12,21H,11H2,1-2H3,(H,22,25). The molecule has 0 aliphatic rings. The Morgan fingerprint density at radius 1 is 1.22 bits per heavy atom. The number of amides is 1. The van der Waals surface area contributed by atoms with E-state index in [4.69, 9.17) is 4.74 Å². The molecule has 0 spiro atoms. The lowest BCUT2D eigenvalue weighted by Gasteiger charge is -2.12. The molecule has 140 valence electrons. The molecule has 6 nitrogen and oxygen atoms in total. The largest absolute Gasteiger partial charge is 0.497 e. The highest BCUT2D eigenvalue weighted by atomic mass is 32.1. The maximum Gasteiger partial charge on any atom is 0.286 e. The van der Waals surface area contributed by atoms with E-state index in [1.165, 1.54) is 23.5 Å².